The predicted octanol–water partition coefficient (Wildman–Crippen LogP) is 5.01. The topological polar surface area (TPSA) is 106 Å². The number of nitrogens with one attached hydrogen (secondary N) is 1. The summed E-state index contributed by atoms with van der Waals surface area (Å²) in [6, 6.07) is 15.1. The van der Waals surface area contributed by atoms with Crippen molar-refractivity contribution in [2.45, 2.75) is 32.2 Å². The molecule has 0 radical (unpaired) electrons. The van der Waals surface area contributed by atoms with Gasteiger partial charge in [-0.1, -0.05) is 22.0 Å². The average Bonchev–Trinajstić information content (AvgIpc) is 3.41. The number of benzene rings is 2. The third-order valence-corrected chi connectivity index (χ3v) is 8.01. The van der Waals surface area contributed by atoms with E-state index >= 15 is 0 Å². The molecular formula is C27H25BrN2O6S. The number of amides is 1. The molecule has 0 spiro atoms. The van der Waals surface area contributed by atoms with Crippen LogP contribution in [0.1, 0.15) is 29.6 Å². The molecule has 0 saturated carbocycles. The SMILES string of the molecule is COC(=O)C1=C(C)N(c2ccc(C)c(C)c2)C(=O)/C1=C/c1ccc(CNS(=O)(=O)c2ccc(Br)cc2)o1. The first-order valence-corrected chi connectivity index (χ1v) is 13.6. The molecule has 0 aliphatic carbocycles. The summed E-state index contributed by atoms with van der Waals surface area (Å²) in [4.78, 5) is 27.7. The number of nitrogens with zero attached hydrogens (tertiary/aromatic N) is 1. The van der Waals surface area contributed by atoms with Gasteiger partial charge in [-0.3, -0.25) is 9.69 Å². The molecule has 0 atom stereocenters. The molecule has 0 fully saturated rings. The largest absolute Gasteiger partial charge is 0.465 e. The summed E-state index contributed by atoms with van der Waals surface area (Å²) in [6.45, 7) is 5.52. The number of allylic oxidation sites excluding steroid dienone is 1. The third-order valence-electron chi connectivity index (χ3n) is 6.07. The number of aryl methyl sites for hydroxylation is 2. The highest BCUT2D eigenvalue weighted by atomic mass is 79.9. The van der Waals surface area contributed by atoms with Gasteiger partial charge in [0.05, 0.1) is 29.7 Å². The quantitative estimate of drug-likeness (QED) is 0.309. The van der Waals surface area contributed by atoms with Gasteiger partial charge in [0, 0.05) is 15.9 Å². The van der Waals surface area contributed by atoms with Crippen molar-refractivity contribution in [2.24, 2.45) is 0 Å². The van der Waals surface area contributed by atoms with E-state index in [0.29, 0.717) is 17.1 Å². The number of hydrogen-bond donors (Lipinski definition) is 1. The second-order valence-electron chi connectivity index (χ2n) is 8.50. The Morgan fingerprint density at radius 2 is 1.76 bits per heavy atom. The maximum atomic E-state index is 13.5. The van der Waals surface area contributed by atoms with Crippen molar-refractivity contribution in [1.29, 1.82) is 0 Å². The van der Waals surface area contributed by atoms with Gasteiger partial charge in [-0.25, -0.2) is 17.9 Å². The first kappa shape index (κ1) is 26.6. The minimum absolute atomic E-state index is 0.0942. The van der Waals surface area contributed by atoms with Crippen molar-refractivity contribution in [2.75, 3.05) is 12.0 Å². The Hall–Kier alpha value is -3.47. The first-order chi connectivity index (χ1) is 17.5. The highest BCUT2D eigenvalue weighted by Gasteiger charge is 2.38. The van der Waals surface area contributed by atoms with Crippen LogP contribution in [0.5, 0.6) is 0 Å². The normalized spacial score (nSPS) is 15.1. The lowest BCUT2D eigenvalue weighted by molar-refractivity contribution is -0.136. The molecule has 2 aromatic carbocycles. The number of sulfonamides is 1. The molecule has 1 amide bonds. The molecule has 0 unspecified atom stereocenters. The van der Waals surface area contributed by atoms with E-state index in [1.165, 1.54) is 30.2 Å². The van der Waals surface area contributed by atoms with Gasteiger partial charge in [0.1, 0.15) is 11.5 Å². The van der Waals surface area contributed by atoms with Crippen LogP contribution in [-0.2, 0) is 30.9 Å². The summed E-state index contributed by atoms with van der Waals surface area (Å²) in [7, 11) is -2.49. The maximum Gasteiger partial charge on any atom is 0.340 e. The van der Waals surface area contributed by atoms with E-state index in [9.17, 15) is 18.0 Å². The van der Waals surface area contributed by atoms with Gasteiger partial charge in [-0.2, -0.15) is 0 Å². The van der Waals surface area contributed by atoms with Crippen LogP contribution in [0.25, 0.3) is 6.08 Å². The van der Waals surface area contributed by atoms with Crippen LogP contribution in [0.3, 0.4) is 0 Å². The van der Waals surface area contributed by atoms with Crippen molar-refractivity contribution >= 4 is 49.6 Å². The van der Waals surface area contributed by atoms with Crippen LogP contribution >= 0.6 is 15.9 Å². The Kier molecular flexibility index (Phi) is 7.54. The van der Waals surface area contributed by atoms with E-state index in [0.717, 1.165) is 15.6 Å². The maximum absolute atomic E-state index is 13.5. The first-order valence-electron chi connectivity index (χ1n) is 11.3. The lowest BCUT2D eigenvalue weighted by atomic mass is 10.1. The van der Waals surface area contributed by atoms with Crippen LogP contribution in [0, 0.1) is 13.8 Å². The number of methoxy groups -OCH3 is 1. The molecule has 10 heteroatoms. The second kappa shape index (κ2) is 10.5. The summed E-state index contributed by atoms with van der Waals surface area (Å²) in [5, 5.41) is 0. The molecule has 4 rings (SSSR count). The fourth-order valence-corrected chi connectivity index (χ4v) is 5.19. The molecule has 0 saturated heterocycles. The Morgan fingerprint density at radius 1 is 1.05 bits per heavy atom. The summed E-state index contributed by atoms with van der Waals surface area (Å²) in [5.74, 6) is -0.408. The molecule has 1 aromatic heterocycles. The van der Waals surface area contributed by atoms with E-state index in [4.69, 9.17) is 9.15 Å². The van der Waals surface area contributed by atoms with E-state index in [2.05, 4.69) is 20.7 Å². The van der Waals surface area contributed by atoms with Gasteiger partial charge in [0.25, 0.3) is 5.91 Å². The van der Waals surface area contributed by atoms with Crippen molar-refractivity contribution in [1.82, 2.24) is 4.72 Å². The van der Waals surface area contributed by atoms with Gasteiger partial charge in [-0.15, -0.1) is 0 Å². The third kappa shape index (κ3) is 5.46. The monoisotopic (exact) mass is 584 g/mol. The Morgan fingerprint density at radius 3 is 2.41 bits per heavy atom. The zero-order valence-electron chi connectivity index (χ0n) is 20.7. The lowest BCUT2D eigenvalue weighted by Gasteiger charge is -2.19. The molecule has 1 aliphatic heterocycles. The highest BCUT2D eigenvalue weighted by Crippen LogP contribution is 2.36. The molecular weight excluding hydrogens is 560 g/mol. The molecule has 8 nitrogen and oxygen atoms in total. The standard InChI is InChI=1S/C27H25BrN2O6S/c1-16-5-8-20(13-17(16)2)30-18(3)25(27(32)35-4)24(26(30)31)14-21-9-10-22(36-21)15-29-37(33,34)23-11-6-19(28)7-12-23/h5-14,29H,15H2,1-4H3/b24-14+. The summed E-state index contributed by atoms with van der Waals surface area (Å²) >= 11 is 3.28. The molecule has 1 N–H and O–H groups in total. The van der Waals surface area contributed by atoms with Gasteiger partial charge in [0.15, 0.2) is 0 Å². The van der Waals surface area contributed by atoms with E-state index in [1.54, 1.807) is 31.2 Å². The van der Waals surface area contributed by atoms with Gasteiger partial charge >= 0.3 is 5.97 Å². The number of carbonyl (C=O) groups excluding carboxylic acids is 2. The summed E-state index contributed by atoms with van der Waals surface area (Å²) in [6.07, 6.45) is 1.46. The molecule has 37 heavy (non-hydrogen) atoms. The van der Waals surface area contributed by atoms with E-state index in [-0.39, 0.29) is 28.3 Å². The molecule has 3 aromatic rings. The van der Waals surface area contributed by atoms with Crippen molar-refractivity contribution in [3.63, 3.8) is 0 Å². The van der Waals surface area contributed by atoms with Crippen LogP contribution in [0.2, 0.25) is 0 Å². The zero-order chi connectivity index (χ0) is 26.9. The Balaban J connectivity index is 1.61. The van der Waals surface area contributed by atoms with Gasteiger partial charge in [0.2, 0.25) is 10.0 Å². The van der Waals surface area contributed by atoms with Crippen LogP contribution in [0.4, 0.5) is 5.69 Å². The number of hydrogen-bond acceptors (Lipinski definition) is 6. The van der Waals surface area contributed by atoms with E-state index in [1.807, 2.05) is 32.0 Å². The molecule has 1 aliphatic rings. The number of furan rings is 1. The number of carbonyl (C=O) groups is 2. The summed E-state index contributed by atoms with van der Waals surface area (Å²) in [5.41, 5.74) is 3.44. The highest BCUT2D eigenvalue weighted by molar-refractivity contribution is 9.10. The summed E-state index contributed by atoms with van der Waals surface area (Å²) < 4.78 is 39.1. The Bertz CT molecular complexity index is 1550. The molecule has 0 bridgehead atoms. The second-order valence-corrected chi connectivity index (χ2v) is 11.2. The number of rotatable bonds is 7. The van der Waals surface area contributed by atoms with Crippen LogP contribution in [0.15, 0.2) is 85.2 Å². The number of anilines is 1. The number of halogens is 1. The van der Waals surface area contributed by atoms with Crippen LogP contribution < -0.4 is 9.62 Å². The predicted molar refractivity (Wildman–Crippen MR) is 143 cm³/mol. The van der Waals surface area contributed by atoms with Crippen molar-refractivity contribution < 1.29 is 27.2 Å². The molecule has 2 heterocycles. The minimum atomic E-state index is -3.75. The zero-order valence-corrected chi connectivity index (χ0v) is 23.1. The minimum Gasteiger partial charge on any atom is -0.465 e. The lowest BCUT2D eigenvalue weighted by Crippen LogP contribution is -2.24. The van der Waals surface area contributed by atoms with Gasteiger partial charge < -0.3 is 9.15 Å². The number of ether oxygens (including phenoxy) is 1. The average molecular weight is 585 g/mol. The van der Waals surface area contributed by atoms with E-state index < -0.39 is 21.9 Å². The van der Waals surface area contributed by atoms with Crippen LogP contribution in [-0.4, -0.2) is 27.4 Å². The number of esters is 1. The Labute approximate surface area is 223 Å². The fraction of sp³-hybridized carbons (Fsp3) is 0.185. The van der Waals surface area contributed by atoms with Gasteiger partial charge in [-0.05, 0) is 86.5 Å². The molecule has 192 valence electrons. The van der Waals surface area contributed by atoms with Crippen molar-refractivity contribution in [3.05, 3.63) is 98.6 Å². The smallest absolute Gasteiger partial charge is 0.340 e. The fourth-order valence-electron chi connectivity index (χ4n) is 3.93. The van der Waals surface area contributed by atoms with Crippen molar-refractivity contribution in [3.8, 4) is 0 Å².